The van der Waals surface area contributed by atoms with E-state index >= 15 is 0 Å². The first-order valence-electron chi connectivity index (χ1n) is 10.6. The van der Waals surface area contributed by atoms with Gasteiger partial charge < -0.3 is 10.0 Å². The van der Waals surface area contributed by atoms with Crippen molar-refractivity contribution in [3.05, 3.63) is 89.5 Å². The van der Waals surface area contributed by atoms with E-state index in [1.807, 2.05) is 43.3 Å². The van der Waals surface area contributed by atoms with Crippen LogP contribution in [0.15, 0.2) is 77.7 Å². The summed E-state index contributed by atoms with van der Waals surface area (Å²) in [5.41, 5.74) is 2.81. The van der Waals surface area contributed by atoms with Crippen molar-refractivity contribution in [2.45, 2.75) is 38.1 Å². The summed E-state index contributed by atoms with van der Waals surface area (Å²) in [6.45, 7) is 5.20. The standard InChI is InChI=1S/C25H28N2O4S/c1-3-4-15-27(18-20-10-6-5-7-11-20)24-14-13-21(25(28)29)17-23(24)26-32(30,31)22-12-8-9-19(2)16-22/h5-14,16-17,26H,3-4,15,18H2,1-2H3,(H,28,29). The zero-order valence-corrected chi connectivity index (χ0v) is 19.1. The number of anilines is 2. The van der Waals surface area contributed by atoms with E-state index in [4.69, 9.17) is 0 Å². The number of aryl methyl sites for hydroxylation is 1. The van der Waals surface area contributed by atoms with Gasteiger partial charge in [-0.1, -0.05) is 55.8 Å². The number of aromatic carboxylic acids is 1. The van der Waals surface area contributed by atoms with Crippen LogP contribution in [0.2, 0.25) is 0 Å². The molecule has 0 spiro atoms. The molecule has 0 aromatic heterocycles. The largest absolute Gasteiger partial charge is 0.478 e. The Labute approximate surface area is 189 Å². The Balaban J connectivity index is 2.04. The first-order valence-corrected chi connectivity index (χ1v) is 12.0. The predicted molar refractivity (Wildman–Crippen MR) is 128 cm³/mol. The summed E-state index contributed by atoms with van der Waals surface area (Å²) in [5, 5.41) is 9.48. The lowest BCUT2D eigenvalue weighted by molar-refractivity contribution is 0.0697. The molecule has 0 bridgehead atoms. The normalized spacial score (nSPS) is 11.2. The van der Waals surface area contributed by atoms with Crippen LogP contribution in [0, 0.1) is 6.92 Å². The Hall–Kier alpha value is -3.32. The van der Waals surface area contributed by atoms with Crippen molar-refractivity contribution >= 4 is 27.4 Å². The van der Waals surface area contributed by atoms with Gasteiger partial charge in [-0.3, -0.25) is 4.72 Å². The lowest BCUT2D eigenvalue weighted by atomic mass is 10.1. The molecule has 0 aliphatic carbocycles. The van der Waals surface area contributed by atoms with E-state index in [-0.39, 0.29) is 16.1 Å². The second kappa shape index (κ2) is 10.3. The topological polar surface area (TPSA) is 86.7 Å². The zero-order valence-electron chi connectivity index (χ0n) is 18.3. The van der Waals surface area contributed by atoms with E-state index in [1.165, 1.54) is 18.2 Å². The average Bonchev–Trinajstić information content (AvgIpc) is 2.77. The lowest BCUT2D eigenvalue weighted by Crippen LogP contribution is -2.26. The number of carboxylic acids is 1. The fourth-order valence-corrected chi connectivity index (χ4v) is 4.62. The van der Waals surface area contributed by atoms with Crippen molar-refractivity contribution in [1.29, 1.82) is 0 Å². The number of benzene rings is 3. The maximum atomic E-state index is 13.1. The molecular formula is C25H28N2O4S. The van der Waals surface area contributed by atoms with Gasteiger partial charge in [-0.05, 0) is 54.8 Å². The smallest absolute Gasteiger partial charge is 0.335 e. The van der Waals surface area contributed by atoms with Crippen molar-refractivity contribution in [1.82, 2.24) is 0 Å². The van der Waals surface area contributed by atoms with Crippen molar-refractivity contribution < 1.29 is 18.3 Å². The van der Waals surface area contributed by atoms with Crippen LogP contribution in [0.1, 0.15) is 41.3 Å². The first kappa shape index (κ1) is 23.3. The van der Waals surface area contributed by atoms with Gasteiger partial charge in [-0.25, -0.2) is 13.2 Å². The van der Waals surface area contributed by atoms with E-state index in [9.17, 15) is 18.3 Å². The minimum atomic E-state index is -3.90. The molecule has 3 rings (SSSR count). The van der Waals surface area contributed by atoms with Crippen LogP contribution in [0.25, 0.3) is 0 Å². The summed E-state index contributed by atoms with van der Waals surface area (Å²) in [7, 11) is -3.90. The number of hydrogen-bond donors (Lipinski definition) is 2. The molecule has 0 aliphatic rings. The Kier molecular flexibility index (Phi) is 7.53. The molecule has 0 aliphatic heterocycles. The Morgan fingerprint density at radius 2 is 1.75 bits per heavy atom. The molecule has 0 unspecified atom stereocenters. The number of sulfonamides is 1. The summed E-state index contributed by atoms with van der Waals surface area (Å²) in [6.07, 6.45) is 1.89. The number of carboxylic acid groups (broad SMARTS) is 1. The van der Waals surface area contributed by atoms with E-state index in [2.05, 4.69) is 16.5 Å². The molecule has 168 valence electrons. The maximum Gasteiger partial charge on any atom is 0.335 e. The lowest BCUT2D eigenvalue weighted by Gasteiger charge is -2.28. The van der Waals surface area contributed by atoms with Crippen LogP contribution in [-0.2, 0) is 16.6 Å². The molecule has 7 heteroatoms. The molecule has 0 atom stereocenters. The molecule has 0 saturated carbocycles. The predicted octanol–water partition coefficient (Wildman–Crippen LogP) is 5.30. The van der Waals surface area contributed by atoms with Gasteiger partial charge in [0.1, 0.15) is 0 Å². The number of nitrogens with one attached hydrogen (secondary N) is 1. The van der Waals surface area contributed by atoms with Crippen LogP contribution in [0.5, 0.6) is 0 Å². The highest BCUT2D eigenvalue weighted by molar-refractivity contribution is 7.92. The van der Waals surface area contributed by atoms with Gasteiger partial charge >= 0.3 is 5.97 Å². The van der Waals surface area contributed by atoms with Crippen LogP contribution < -0.4 is 9.62 Å². The second-order valence-corrected chi connectivity index (χ2v) is 9.40. The van der Waals surface area contributed by atoms with Crippen LogP contribution in [0.3, 0.4) is 0 Å². The Morgan fingerprint density at radius 1 is 1.00 bits per heavy atom. The zero-order chi connectivity index (χ0) is 23.1. The van der Waals surface area contributed by atoms with Gasteiger partial charge in [0.05, 0.1) is 21.8 Å². The van der Waals surface area contributed by atoms with Gasteiger partial charge in [0, 0.05) is 13.1 Å². The molecular weight excluding hydrogens is 424 g/mol. The summed E-state index contributed by atoms with van der Waals surface area (Å²) in [5.74, 6) is -1.12. The van der Waals surface area contributed by atoms with Crippen molar-refractivity contribution in [2.75, 3.05) is 16.2 Å². The maximum absolute atomic E-state index is 13.1. The highest BCUT2D eigenvalue weighted by Gasteiger charge is 2.20. The molecule has 0 fully saturated rings. The van der Waals surface area contributed by atoms with Crippen LogP contribution >= 0.6 is 0 Å². The van der Waals surface area contributed by atoms with E-state index in [1.54, 1.807) is 18.2 Å². The minimum Gasteiger partial charge on any atom is -0.478 e. The molecule has 6 nitrogen and oxygen atoms in total. The van der Waals surface area contributed by atoms with Crippen LogP contribution in [0.4, 0.5) is 11.4 Å². The van der Waals surface area contributed by atoms with Gasteiger partial charge in [0.25, 0.3) is 10.0 Å². The van der Waals surface area contributed by atoms with E-state index in [0.717, 1.165) is 24.0 Å². The quantitative estimate of drug-likeness (QED) is 0.436. The monoisotopic (exact) mass is 452 g/mol. The summed E-state index contributed by atoms with van der Waals surface area (Å²) >= 11 is 0. The third-order valence-corrected chi connectivity index (χ3v) is 6.49. The molecule has 3 aromatic rings. The molecule has 0 saturated heterocycles. The molecule has 3 aromatic carbocycles. The fourth-order valence-electron chi connectivity index (χ4n) is 3.45. The average molecular weight is 453 g/mol. The summed E-state index contributed by atoms with van der Waals surface area (Å²) in [6, 6.07) is 21.1. The van der Waals surface area contributed by atoms with E-state index in [0.29, 0.717) is 18.8 Å². The van der Waals surface area contributed by atoms with Gasteiger partial charge in [-0.15, -0.1) is 0 Å². The Morgan fingerprint density at radius 3 is 2.41 bits per heavy atom. The third kappa shape index (κ3) is 5.88. The Bertz CT molecular complexity index is 1180. The van der Waals surface area contributed by atoms with Gasteiger partial charge in [-0.2, -0.15) is 0 Å². The third-order valence-electron chi connectivity index (χ3n) is 5.13. The SMILES string of the molecule is CCCCN(Cc1ccccc1)c1ccc(C(=O)O)cc1NS(=O)(=O)c1cccc(C)c1. The molecule has 0 radical (unpaired) electrons. The van der Waals surface area contributed by atoms with Crippen molar-refractivity contribution in [3.8, 4) is 0 Å². The number of rotatable bonds is 10. The fraction of sp³-hybridized carbons (Fsp3) is 0.240. The van der Waals surface area contributed by atoms with E-state index < -0.39 is 16.0 Å². The number of carbonyl (C=O) groups is 1. The summed E-state index contributed by atoms with van der Waals surface area (Å²) < 4.78 is 28.8. The minimum absolute atomic E-state index is 0.0193. The number of nitrogens with zero attached hydrogens (tertiary/aromatic N) is 1. The first-order chi connectivity index (χ1) is 15.3. The molecule has 2 N–H and O–H groups in total. The highest BCUT2D eigenvalue weighted by Crippen LogP contribution is 2.31. The van der Waals surface area contributed by atoms with Gasteiger partial charge in [0.15, 0.2) is 0 Å². The molecule has 32 heavy (non-hydrogen) atoms. The summed E-state index contributed by atoms with van der Waals surface area (Å²) in [4.78, 5) is 13.8. The van der Waals surface area contributed by atoms with Crippen molar-refractivity contribution in [2.24, 2.45) is 0 Å². The second-order valence-electron chi connectivity index (χ2n) is 7.72. The van der Waals surface area contributed by atoms with Crippen LogP contribution in [-0.4, -0.2) is 26.0 Å². The highest BCUT2D eigenvalue weighted by atomic mass is 32.2. The number of hydrogen-bond acceptors (Lipinski definition) is 4. The number of unbranched alkanes of at least 4 members (excludes halogenated alkanes) is 1. The molecule has 0 amide bonds. The molecule has 0 heterocycles. The van der Waals surface area contributed by atoms with Crippen molar-refractivity contribution in [3.63, 3.8) is 0 Å². The van der Waals surface area contributed by atoms with Gasteiger partial charge in [0.2, 0.25) is 0 Å².